The maximum Gasteiger partial charge on any atom is 0.0910 e. The molecule has 0 unspecified atom stereocenters. The Balaban J connectivity index is 2.59. The highest BCUT2D eigenvalue weighted by atomic mass is 15.1. The van der Waals surface area contributed by atoms with Gasteiger partial charge in [-0.3, -0.25) is 4.99 Å². The monoisotopic (exact) mass is 150 g/mol. The molecule has 0 amide bonds. The Morgan fingerprint density at radius 2 is 2.55 bits per heavy atom. The second kappa shape index (κ2) is 3.65. The first-order valence-corrected chi connectivity index (χ1v) is 3.32. The van der Waals surface area contributed by atoms with Crippen LogP contribution >= 0.6 is 0 Å². The highest BCUT2D eigenvalue weighted by Crippen LogP contribution is 1.92. The van der Waals surface area contributed by atoms with E-state index in [1.807, 2.05) is 12.1 Å². The van der Waals surface area contributed by atoms with Gasteiger partial charge >= 0.3 is 0 Å². The summed E-state index contributed by atoms with van der Waals surface area (Å²) in [6, 6.07) is 3.68. The van der Waals surface area contributed by atoms with E-state index in [0.29, 0.717) is 12.4 Å². The van der Waals surface area contributed by atoms with Gasteiger partial charge in [0.05, 0.1) is 18.1 Å². The molecule has 0 atom stereocenters. The molecule has 0 bridgehead atoms. The minimum Gasteiger partial charge on any atom is -0.388 e. The molecule has 1 aromatic rings. The number of rotatable bonds is 2. The van der Waals surface area contributed by atoms with Crippen LogP contribution in [0.2, 0.25) is 0 Å². The Morgan fingerprint density at radius 3 is 3.09 bits per heavy atom. The van der Waals surface area contributed by atoms with E-state index in [1.54, 1.807) is 13.1 Å². The van der Waals surface area contributed by atoms with Crippen LogP contribution in [-0.2, 0) is 6.54 Å². The Kier molecular flexibility index (Phi) is 2.54. The molecule has 0 radical (unpaired) electrons. The minimum absolute atomic E-state index is 0.510. The maximum absolute atomic E-state index is 5.34. The van der Waals surface area contributed by atoms with Crippen molar-refractivity contribution in [2.75, 3.05) is 0 Å². The van der Waals surface area contributed by atoms with Gasteiger partial charge in [0, 0.05) is 6.20 Å². The maximum atomic E-state index is 5.34. The molecule has 0 aliphatic carbocycles. The molecule has 1 aromatic heterocycles. The molecule has 0 spiro atoms. The van der Waals surface area contributed by atoms with Crippen molar-refractivity contribution < 1.29 is 0 Å². The fourth-order valence-corrected chi connectivity index (χ4v) is 0.623. The van der Waals surface area contributed by atoms with Gasteiger partial charge in [0.25, 0.3) is 0 Å². The van der Waals surface area contributed by atoms with Gasteiger partial charge in [-0.15, -0.1) is 0 Å². The average molecular weight is 150 g/mol. The summed E-state index contributed by atoms with van der Waals surface area (Å²) in [6.07, 6.45) is 1.63. The molecular weight excluding hydrogens is 140 g/mol. The van der Waals surface area contributed by atoms with Gasteiger partial charge in [-0.2, -0.15) is 10.2 Å². The molecule has 11 heavy (non-hydrogen) atoms. The van der Waals surface area contributed by atoms with Crippen LogP contribution in [0.1, 0.15) is 12.6 Å². The summed E-state index contributed by atoms with van der Waals surface area (Å²) in [6.45, 7) is 2.26. The van der Waals surface area contributed by atoms with Crippen LogP contribution in [0, 0.1) is 0 Å². The second-order valence-electron chi connectivity index (χ2n) is 2.17. The molecule has 2 N–H and O–H groups in total. The Hall–Kier alpha value is -1.45. The molecule has 0 fully saturated rings. The van der Waals surface area contributed by atoms with E-state index < -0.39 is 0 Å². The number of hydrogen-bond donors (Lipinski definition) is 1. The molecular formula is C7H10N4. The van der Waals surface area contributed by atoms with Crippen LogP contribution in [-0.4, -0.2) is 16.0 Å². The van der Waals surface area contributed by atoms with Crippen molar-refractivity contribution in [3.8, 4) is 0 Å². The lowest BCUT2D eigenvalue weighted by Crippen LogP contribution is -2.05. The van der Waals surface area contributed by atoms with Crippen molar-refractivity contribution in [3.63, 3.8) is 0 Å². The molecule has 0 aromatic carbocycles. The highest BCUT2D eigenvalue weighted by Gasteiger charge is 1.89. The van der Waals surface area contributed by atoms with Crippen LogP contribution < -0.4 is 5.73 Å². The molecule has 0 aliphatic heterocycles. The largest absolute Gasteiger partial charge is 0.388 e. The van der Waals surface area contributed by atoms with Crippen molar-refractivity contribution in [2.24, 2.45) is 10.7 Å². The second-order valence-corrected chi connectivity index (χ2v) is 2.17. The Labute approximate surface area is 65.2 Å². The van der Waals surface area contributed by atoms with Gasteiger partial charge in [-0.25, -0.2) is 0 Å². The molecule has 4 nitrogen and oxygen atoms in total. The van der Waals surface area contributed by atoms with Gasteiger partial charge in [0.1, 0.15) is 0 Å². The van der Waals surface area contributed by atoms with Gasteiger partial charge in [-0.05, 0) is 19.1 Å². The summed E-state index contributed by atoms with van der Waals surface area (Å²) in [5.74, 6) is 0.565. The topological polar surface area (TPSA) is 64.2 Å². The van der Waals surface area contributed by atoms with Crippen LogP contribution in [0.3, 0.4) is 0 Å². The highest BCUT2D eigenvalue weighted by molar-refractivity contribution is 5.77. The fraction of sp³-hybridized carbons (Fsp3) is 0.286. The third-order valence-corrected chi connectivity index (χ3v) is 1.12. The van der Waals surface area contributed by atoms with Crippen LogP contribution in [0.15, 0.2) is 23.3 Å². The lowest BCUT2D eigenvalue weighted by molar-refractivity contribution is 0.896. The summed E-state index contributed by atoms with van der Waals surface area (Å²) in [5, 5.41) is 7.54. The third-order valence-electron chi connectivity index (χ3n) is 1.12. The van der Waals surface area contributed by atoms with Crippen molar-refractivity contribution in [1.29, 1.82) is 0 Å². The zero-order valence-corrected chi connectivity index (χ0v) is 6.36. The first kappa shape index (κ1) is 7.65. The van der Waals surface area contributed by atoms with Crippen LogP contribution in [0.5, 0.6) is 0 Å². The normalized spacial score (nSPS) is 11.5. The summed E-state index contributed by atoms with van der Waals surface area (Å²) in [7, 11) is 0. The number of nitrogens with two attached hydrogens (primary N) is 1. The van der Waals surface area contributed by atoms with Crippen LogP contribution in [0.4, 0.5) is 0 Å². The number of aliphatic imine (C=N–C) groups is 1. The van der Waals surface area contributed by atoms with E-state index in [-0.39, 0.29) is 0 Å². The first-order chi connectivity index (χ1) is 5.29. The molecule has 0 saturated heterocycles. The quantitative estimate of drug-likeness (QED) is 0.489. The summed E-state index contributed by atoms with van der Waals surface area (Å²) in [4.78, 5) is 3.99. The number of hydrogen-bond acceptors (Lipinski definition) is 3. The predicted molar refractivity (Wildman–Crippen MR) is 43.0 cm³/mol. The molecule has 0 saturated carbocycles. The smallest absolute Gasteiger partial charge is 0.0910 e. The summed E-state index contributed by atoms with van der Waals surface area (Å²) < 4.78 is 0. The summed E-state index contributed by atoms with van der Waals surface area (Å²) >= 11 is 0. The van der Waals surface area contributed by atoms with E-state index >= 15 is 0 Å². The van der Waals surface area contributed by atoms with E-state index in [4.69, 9.17) is 5.73 Å². The van der Waals surface area contributed by atoms with E-state index in [1.165, 1.54) is 0 Å². The lowest BCUT2D eigenvalue weighted by atomic mass is 10.4. The van der Waals surface area contributed by atoms with Crippen LogP contribution in [0.25, 0.3) is 0 Å². The fourth-order valence-electron chi connectivity index (χ4n) is 0.623. The van der Waals surface area contributed by atoms with E-state index in [9.17, 15) is 0 Å². The predicted octanol–water partition coefficient (Wildman–Crippen LogP) is 0.354. The van der Waals surface area contributed by atoms with E-state index in [2.05, 4.69) is 15.2 Å². The Morgan fingerprint density at radius 1 is 1.73 bits per heavy atom. The SMILES string of the molecule is CC(N)=NCc1cccnn1. The zero-order valence-electron chi connectivity index (χ0n) is 6.36. The summed E-state index contributed by atoms with van der Waals surface area (Å²) in [5.41, 5.74) is 6.17. The standard InChI is InChI=1S/C7H10N4/c1-6(8)9-5-7-3-2-4-10-11-7/h2-4H,5H2,1H3,(H2,8,9). The molecule has 1 rings (SSSR count). The van der Waals surface area contributed by atoms with Gasteiger partial charge in [0.15, 0.2) is 0 Å². The molecule has 4 heteroatoms. The lowest BCUT2D eigenvalue weighted by Gasteiger charge is -1.92. The molecule has 58 valence electrons. The van der Waals surface area contributed by atoms with Crippen molar-refractivity contribution in [3.05, 3.63) is 24.0 Å². The zero-order chi connectivity index (χ0) is 8.10. The van der Waals surface area contributed by atoms with E-state index in [0.717, 1.165) is 5.69 Å². The third kappa shape index (κ3) is 2.75. The molecule has 1 heterocycles. The Bertz CT molecular complexity index is 238. The number of aromatic nitrogens is 2. The minimum atomic E-state index is 0.510. The number of amidine groups is 1. The van der Waals surface area contributed by atoms with Crippen molar-refractivity contribution in [2.45, 2.75) is 13.5 Å². The van der Waals surface area contributed by atoms with Crippen molar-refractivity contribution in [1.82, 2.24) is 10.2 Å². The van der Waals surface area contributed by atoms with Gasteiger partial charge in [0.2, 0.25) is 0 Å². The van der Waals surface area contributed by atoms with Gasteiger partial charge in [-0.1, -0.05) is 0 Å². The number of nitrogens with zero attached hydrogens (tertiary/aromatic N) is 3. The molecule has 0 aliphatic rings. The van der Waals surface area contributed by atoms with Crippen molar-refractivity contribution >= 4 is 5.84 Å². The first-order valence-electron chi connectivity index (χ1n) is 3.32. The van der Waals surface area contributed by atoms with Gasteiger partial charge < -0.3 is 5.73 Å². The average Bonchev–Trinajstić information content (AvgIpc) is 2.03.